The summed E-state index contributed by atoms with van der Waals surface area (Å²) >= 11 is 6.58. The van der Waals surface area contributed by atoms with Gasteiger partial charge in [0.15, 0.2) is 0 Å². The van der Waals surface area contributed by atoms with E-state index in [2.05, 4.69) is 66.1 Å². The van der Waals surface area contributed by atoms with Gasteiger partial charge in [-0.05, 0) is 67.3 Å². The van der Waals surface area contributed by atoms with Crippen molar-refractivity contribution in [3.05, 3.63) is 65.2 Å². The Morgan fingerprint density at radius 3 is 2.42 bits per heavy atom. The lowest BCUT2D eigenvalue weighted by Crippen LogP contribution is -2.48. The average molecular weight is 441 g/mol. The molecular weight excluding hydrogens is 404 g/mol. The molecule has 0 spiro atoms. The maximum Gasteiger partial charge on any atom is 0.0603 e. The SMILES string of the molecule is CC(C)C1CC(CCN2CCN(c3ccccc3)CC2)(Cc2ccccc2Cl)CCO1. The molecule has 4 rings (SSSR count). The molecule has 0 radical (unpaired) electrons. The van der Waals surface area contributed by atoms with Gasteiger partial charge in [-0.15, -0.1) is 0 Å². The second-order valence-electron chi connectivity index (χ2n) is 9.79. The molecule has 0 bridgehead atoms. The van der Waals surface area contributed by atoms with Crippen LogP contribution in [0.5, 0.6) is 0 Å². The summed E-state index contributed by atoms with van der Waals surface area (Å²) in [7, 11) is 0. The number of nitrogens with zero attached hydrogens (tertiary/aromatic N) is 2. The second-order valence-corrected chi connectivity index (χ2v) is 10.2. The Morgan fingerprint density at radius 2 is 1.71 bits per heavy atom. The zero-order valence-corrected chi connectivity index (χ0v) is 19.9. The van der Waals surface area contributed by atoms with Gasteiger partial charge in [-0.3, -0.25) is 4.90 Å². The van der Waals surface area contributed by atoms with Gasteiger partial charge in [0.25, 0.3) is 0 Å². The summed E-state index contributed by atoms with van der Waals surface area (Å²) < 4.78 is 6.16. The maximum atomic E-state index is 6.58. The van der Waals surface area contributed by atoms with E-state index in [-0.39, 0.29) is 5.41 Å². The summed E-state index contributed by atoms with van der Waals surface area (Å²) in [6.45, 7) is 11.1. The molecule has 2 aliphatic heterocycles. The van der Waals surface area contributed by atoms with E-state index in [4.69, 9.17) is 16.3 Å². The fourth-order valence-electron chi connectivity index (χ4n) is 5.23. The summed E-state index contributed by atoms with van der Waals surface area (Å²) in [5.41, 5.74) is 2.92. The van der Waals surface area contributed by atoms with Crippen molar-refractivity contribution < 1.29 is 4.74 Å². The van der Waals surface area contributed by atoms with Crippen LogP contribution in [0.4, 0.5) is 5.69 Å². The van der Waals surface area contributed by atoms with E-state index < -0.39 is 0 Å². The van der Waals surface area contributed by atoms with Gasteiger partial charge in [0, 0.05) is 43.5 Å². The van der Waals surface area contributed by atoms with Crippen LogP contribution in [0.2, 0.25) is 5.02 Å². The lowest BCUT2D eigenvalue weighted by molar-refractivity contribution is -0.0743. The molecule has 0 aliphatic carbocycles. The van der Waals surface area contributed by atoms with Crippen LogP contribution in [0, 0.1) is 11.3 Å². The number of hydrogen-bond acceptors (Lipinski definition) is 3. The van der Waals surface area contributed by atoms with E-state index in [0.29, 0.717) is 12.0 Å². The molecule has 2 atom stereocenters. The fraction of sp³-hybridized carbons (Fsp3) is 0.556. The van der Waals surface area contributed by atoms with Gasteiger partial charge in [0.1, 0.15) is 0 Å². The quantitative estimate of drug-likeness (QED) is 0.531. The highest BCUT2D eigenvalue weighted by Crippen LogP contribution is 2.43. The van der Waals surface area contributed by atoms with Gasteiger partial charge >= 0.3 is 0 Å². The summed E-state index contributed by atoms with van der Waals surface area (Å²) in [4.78, 5) is 5.17. The standard InChI is InChI=1S/C27H37ClN2O/c1-22(2)26-21-27(13-19-31-26,20-23-8-6-7-11-25(23)28)12-14-29-15-17-30(18-16-29)24-9-4-3-5-10-24/h3-11,22,26H,12-21H2,1-2H3. The van der Waals surface area contributed by atoms with Gasteiger partial charge in [0.2, 0.25) is 0 Å². The molecule has 3 nitrogen and oxygen atoms in total. The van der Waals surface area contributed by atoms with Crippen molar-refractivity contribution in [1.29, 1.82) is 0 Å². The summed E-state index contributed by atoms with van der Waals surface area (Å²) in [5, 5.41) is 0.908. The molecule has 2 aromatic carbocycles. The Hall–Kier alpha value is -1.55. The number of para-hydroxylation sites is 1. The molecule has 2 unspecified atom stereocenters. The molecule has 31 heavy (non-hydrogen) atoms. The zero-order valence-electron chi connectivity index (χ0n) is 19.1. The number of anilines is 1. The van der Waals surface area contributed by atoms with Crippen LogP contribution in [0.15, 0.2) is 54.6 Å². The number of ether oxygens (including phenoxy) is 1. The molecule has 2 heterocycles. The number of halogens is 1. The van der Waals surface area contributed by atoms with Crippen LogP contribution >= 0.6 is 11.6 Å². The minimum absolute atomic E-state index is 0.273. The van der Waals surface area contributed by atoms with E-state index in [1.807, 2.05) is 12.1 Å². The third-order valence-electron chi connectivity index (χ3n) is 7.32. The van der Waals surface area contributed by atoms with Crippen molar-refractivity contribution in [2.24, 2.45) is 11.3 Å². The topological polar surface area (TPSA) is 15.7 Å². The Bertz CT molecular complexity index is 819. The van der Waals surface area contributed by atoms with Gasteiger partial charge in [-0.2, -0.15) is 0 Å². The van der Waals surface area contributed by atoms with E-state index in [1.165, 1.54) is 17.7 Å². The maximum absolute atomic E-state index is 6.58. The van der Waals surface area contributed by atoms with Crippen LogP contribution in [0.25, 0.3) is 0 Å². The Labute approximate surface area is 193 Å². The first-order valence-corrected chi connectivity index (χ1v) is 12.3. The lowest BCUT2D eigenvalue weighted by Gasteiger charge is -2.44. The van der Waals surface area contributed by atoms with Crippen molar-refractivity contribution >= 4 is 17.3 Å². The highest BCUT2D eigenvalue weighted by atomic mass is 35.5. The average Bonchev–Trinajstić information content (AvgIpc) is 2.80. The largest absolute Gasteiger partial charge is 0.378 e. The highest BCUT2D eigenvalue weighted by Gasteiger charge is 2.38. The van der Waals surface area contributed by atoms with E-state index >= 15 is 0 Å². The summed E-state index contributed by atoms with van der Waals surface area (Å²) in [6.07, 6.45) is 4.90. The first-order valence-electron chi connectivity index (χ1n) is 11.9. The Kier molecular flexibility index (Phi) is 7.58. The zero-order chi connectivity index (χ0) is 21.7. The van der Waals surface area contributed by atoms with Gasteiger partial charge in [-0.25, -0.2) is 0 Å². The van der Waals surface area contributed by atoms with Gasteiger partial charge < -0.3 is 9.64 Å². The van der Waals surface area contributed by atoms with E-state index in [9.17, 15) is 0 Å². The van der Waals surface area contributed by atoms with Crippen molar-refractivity contribution in [3.8, 4) is 0 Å². The molecule has 168 valence electrons. The molecule has 0 N–H and O–H groups in total. The predicted octanol–water partition coefficient (Wildman–Crippen LogP) is 5.92. The van der Waals surface area contributed by atoms with Crippen molar-refractivity contribution in [2.75, 3.05) is 44.2 Å². The lowest BCUT2D eigenvalue weighted by atomic mass is 9.69. The molecule has 4 heteroatoms. The number of benzene rings is 2. The first-order chi connectivity index (χ1) is 15.0. The van der Waals surface area contributed by atoms with Crippen LogP contribution in [-0.4, -0.2) is 50.3 Å². The Balaban J connectivity index is 1.40. The molecule has 2 aliphatic rings. The highest BCUT2D eigenvalue weighted by molar-refractivity contribution is 6.31. The smallest absolute Gasteiger partial charge is 0.0603 e. The van der Waals surface area contributed by atoms with Crippen LogP contribution in [0.1, 0.15) is 38.7 Å². The number of hydrogen-bond donors (Lipinski definition) is 0. The molecule has 2 aromatic rings. The Morgan fingerprint density at radius 1 is 1.00 bits per heavy atom. The monoisotopic (exact) mass is 440 g/mol. The third-order valence-corrected chi connectivity index (χ3v) is 7.69. The van der Waals surface area contributed by atoms with Gasteiger partial charge in [0.05, 0.1) is 6.10 Å². The fourth-order valence-corrected chi connectivity index (χ4v) is 5.43. The number of piperazine rings is 1. The normalized spacial score (nSPS) is 25.2. The minimum Gasteiger partial charge on any atom is -0.378 e. The minimum atomic E-state index is 0.273. The van der Waals surface area contributed by atoms with Crippen LogP contribution in [0.3, 0.4) is 0 Å². The van der Waals surface area contributed by atoms with Gasteiger partial charge in [-0.1, -0.05) is 61.8 Å². The summed E-state index contributed by atoms with van der Waals surface area (Å²) in [6, 6.07) is 19.2. The van der Waals surface area contributed by atoms with E-state index in [1.54, 1.807) is 0 Å². The summed E-state index contributed by atoms with van der Waals surface area (Å²) in [5.74, 6) is 0.556. The van der Waals surface area contributed by atoms with E-state index in [0.717, 1.165) is 63.6 Å². The molecule has 2 saturated heterocycles. The van der Waals surface area contributed by atoms with Crippen LogP contribution < -0.4 is 4.90 Å². The van der Waals surface area contributed by atoms with Crippen molar-refractivity contribution in [3.63, 3.8) is 0 Å². The van der Waals surface area contributed by atoms with Crippen LogP contribution in [-0.2, 0) is 11.2 Å². The third kappa shape index (κ3) is 5.83. The second kappa shape index (κ2) is 10.4. The molecule has 0 amide bonds. The predicted molar refractivity (Wildman–Crippen MR) is 131 cm³/mol. The molecule has 2 fully saturated rings. The molecule has 0 aromatic heterocycles. The molecular formula is C27H37ClN2O. The molecule has 0 saturated carbocycles. The number of rotatable bonds is 7. The first kappa shape index (κ1) is 22.6. The van der Waals surface area contributed by atoms with Crippen molar-refractivity contribution in [1.82, 2.24) is 4.90 Å². The van der Waals surface area contributed by atoms with Crippen molar-refractivity contribution in [2.45, 2.75) is 45.6 Å².